The predicted molar refractivity (Wildman–Crippen MR) is 107 cm³/mol. The molecule has 2 amide bonds. The normalized spacial score (nSPS) is 12.9. The maximum Gasteiger partial charge on any atom is 0.321 e. The first-order valence-electron chi connectivity index (χ1n) is 7.97. The number of carboxylic acid groups (broad SMARTS) is 1. The predicted octanol–water partition coefficient (Wildman–Crippen LogP) is -0.155. The second kappa shape index (κ2) is 11.8. The van der Waals surface area contributed by atoms with Crippen LogP contribution >= 0.6 is 25.3 Å². The van der Waals surface area contributed by atoms with Gasteiger partial charge in [-0.2, -0.15) is 25.3 Å². The SMILES string of the molecule is CNC(=O)c1ccc(NC(=O)C(CS)NCCNC(CS)C(=O)O)cc1. The number of nitrogens with one attached hydrogen (secondary N) is 4. The molecule has 26 heavy (non-hydrogen) atoms. The van der Waals surface area contributed by atoms with Gasteiger partial charge in [0.15, 0.2) is 0 Å². The molecule has 0 aliphatic heterocycles. The average Bonchev–Trinajstić information content (AvgIpc) is 2.64. The van der Waals surface area contributed by atoms with Crippen LogP contribution in [0.3, 0.4) is 0 Å². The highest BCUT2D eigenvalue weighted by Gasteiger charge is 2.18. The molecule has 1 aromatic rings. The first kappa shape index (κ1) is 22.3. The standard InChI is InChI=1S/C16H24N4O4S2/c1-17-14(21)10-2-4-11(5-3-10)20-15(22)12(8-25)18-6-7-19-13(9-26)16(23)24/h2-5,12-13,18-19,25-26H,6-9H2,1H3,(H,17,21)(H,20,22)(H,23,24). The van der Waals surface area contributed by atoms with Gasteiger partial charge in [0.1, 0.15) is 6.04 Å². The van der Waals surface area contributed by atoms with Crippen molar-refractivity contribution in [1.29, 1.82) is 0 Å². The van der Waals surface area contributed by atoms with Crippen LogP contribution in [0.15, 0.2) is 24.3 Å². The Morgan fingerprint density at radius 3 is 2.00 bits per heavy atom. The number of rotatable bonds is 11. The van der Waals surface area contributed by atoms with Crippen LogP contribution in [0.5, 0.6) is 0 Å². The van der Waals surface area contributed by atoms with E-state index >= 15 is 0 Å². The molecule has 2 atom stereocenters. The minimum absolute atomic E-state index is 0.178. The van der Waals surface area contributed by atoms with Gasteiger partial charge in [-0.05, 0) is 24.3 Å². The number of aliphatic carboxylic acids is 1. The summed E-state index contributed by atoms with van der Waals surface area (Å²) in [7, 11) is 1.55. The molecule has 0 aliphatic carbocycles. The van der Waals surface area contributed by atoms with Gasteiger partial charge in [0, 0.05) is 42.9 Å². The molecular formula is C16H24N4O4S2. The summed E-state index contributed by atoms with van der Waals surface area (Å²) >= 11 is 8.13. The maximum atomic E-state index is 12.3. The van der Waals surface area contributed by atoms with E-state index in [1.54, 1.807) is 31.3 Å². The van der Waals surface area contributed by atoms with Crippen LogP contribution in [-0.4, -0.2) is 66.6 Å². The Bertz CT molecular complexity index is 613. The number of carboxylic acids is 1. The average molecular weight is 401 g/mol. The molecule has 0 aromatic heterocycles. The highest BCUT2D eigenvalue weighted by atomic mass is 32.1. The number of benzene rings is 1. The largest absolute Gasteiger partial charge is 0.480 e. The zero-order valence-electron chi connectivity index (χ0n) is 14.4. The van der Waals surface area contributed by atoms with Crippen LogP contribution in [-0.2, 0) is 9.59 Å². The van der Waals surface area contributed by atoms with Gasteiger partial charge in [-0.15, -0.1) is 0 Å². The molecule has 0 bridgehead atoms. The molecule has 2 unspecified atom stereocenters. The molecule has 0 saturated carbocycles. The van der Waals surface area contributed by atoms with Crippen LogP contribution in [0.25, 0.3) is 0 Å². The zero-order chi connectivity index (χ0) is 19.5. The van der Waals surface area contributed by atoms with Gasteiger partial charge < -0.3 is 26.4 Å². The Labute approximate surface area is 163 Å². The van der Waals surface area contributed by atoms with Crippen LogP contribution < -0.4 is 21.3 Å². The molecule has 1 aromatic carbocycles. The van der Waals surface area contributed by atoms with Gasteiger partial charge in [-0.1, -0.05) is 0 Å². The van der Waals surface area contributed by atoms with Gasteiger partial charge in [-0.3, -0.25) is 14.4 Å². The van der Waals surface area contributed by atoms with Gasteiger partial charge in [0.25, 0.3) is 5.91 Å². The van der Waals surface area contributed by atoms with E-state index in [9.17, 15) is 14.4 Å². The Balaban J connectivity index is 2.48. The number of hydrogen-bond acceptors (Lipinski definition) is 7. The van der Waals surface area contributed by atoms with Gasteiger partial charge in [0.05, 0.1) is 6.04 Å². The number of hydrogen-bond donors (Lipinski definition) is 7. The Hall–Kier alpha value is -1.75. The van der Waals surface area contributed by atoms with Crippen molar-refractivity contribution in [3.05, 3.63) is 29.8 Å². The molecule has 0 radical (unpaired) electrons. The van der Waals surface area contributed by atoms with Crippen LogP contribution in [0.2, 0.25) is 0 Å². The second-order valence-electron chi connectivity index (χ2n) is 5.36. The molecule has 1 rings (SSSR count). The summed E-state index contributed by atoms with van der Waals surface area (Å²) in [5.41, 5.74) is 1.06. The molecule has 8 nitrogen and oxygen atoms in total. The number of carbonyl (C=O) groups excluding carboxylic acids is 2. The van der Waals surface area contributed by atoms with E-state index < -0.39 is 18.1 Å². The first-order valence-corrected chi connectivity index (χ1v) is 9.23. The summed E-state index contributed by atoms with van der Waals surface area (Å²) in [6.45, 7) is 0.766. The number of thiol groups is 2. The topological polar surface area (TPSA) is 120 Å². The summed E-state index contributed by atoms with van der Waals surface area (Å²) in [4.78, 5) is 34.7. The molecule has 0 fully saturated rings. The van der Waals surface area contributed by atoms with E-state index in [1.165, 1.54) is 0 Å². The third-order valence-electron chi connectivity index (χ3n) is 3.53. The second-order valence-corrected chi connectivity index (χ2v) is 6.09. The lowest BCUT2D eigenvalue weighted by Crippen LogP contribution is -2.47. The third-order valence-corrected chi connectivity index (χ3v) is 4.26. The van der Waals surface area contributed by atoms with E-state index in [0.717, 1.165) is 0 Å². The fourth-order valence-electron chi connectivity index (χ4n) is 2.04. The molecule has 0 spiro atoms. The fourth-order valence-corrected chi connectivity index (χ4v) is 2.62. The minimum Gasteiger partial charge on any atom is -0.480 e. The molecular weight excluding hydrogens is 376 g/mol. The molecule has 10 heteroatoms. The lowest BCUT2D eigenvalue weighted by molar-refractivity contribution is -0.138. The Morgan fingerprint density at radius 1 is 1.00 bits per heavy atom. The molecule has 0 saturated heterocycles. The van der Waals surface area contributed by atoms with Gasteiger partial charge in [0.2, 0.25) is 5.91 Å². The quantitative estimate of drug-likeness (QED) is 0.205. The van der Waals surface area contributed by atoms with Crippen LogP contribution in [0.1, 0.15) is 10.4 Å². The van der Waals surface area contributed by atoms with Crippen molar-refractivity contribution in [2.24, 2.45) is 0 Å². The highest BCUT2D eigenvalue weighted by molar-refractivity contribution is 7.80. The number of carbonyl (C=O) groups is 3. The monoisotopic (exact) mass is 400 g/mol. The van der Waals surface area contributed by atoms with Crippen molar-refractivity contribution in [3.8, 4) is 0 Å². The van der Waals surface area contributed by atoms with Crippen molar-refractivity contribution < 1.29 is 19.5 Å². The first-order chi connectivity index (χ1) is 12.4. The summed E-state index contributed by atoms with van der Waals surface area (Å²) in [5.74, 6) is -0.985. The third kappa shape index (κ3) is 7.24. The molecule has 0 aliphatic rings. The summed E-state index contributed by atoms with van der Waals surface area (Å²) in [5, 5.41) is 20.0. The highest BCUT2D eigenvalue weighted by Crippen LogP contribution is 2.10. The van der Waals surface area contributed by atoms with Crippen LogP contribution in [0, 0.1) is 0 Å². The molecule has 0 heterocycles. The Kier molecular flexibility index (Phi) is 10.1. The van der Waals surface area contributed by atoms with Crippen molar-refractivity contribution in [2.75, 3.05) is 37.0 Å². The minimum atomic E-state index is -0.969. The van der Waals surface area contributed by atoms with Crippen molar-refractivity contribution in [3.63, 3.8) is 0 Å². The van der Waals surface area contributed by atoms with Gasteiger partial charge in [-0.25, -0.2) is 0 Å². The van der Waals surface area contributed by atoms with E-state index in [4.69, 9.17) is 5.11 Å². The van der Waals surface area contributed by atoms with Crippen molar-refractivity contribution in [1.82, 2.24) is 16.0 Å². The maximum absolute atomic E-state index is 12.3. The van der Waals surface area contributed by atoms with E-state index in [0.29, 0.717) is 24.3 Å². The fraction of sp³-hybridized carbons (Fsp3) is 0.438. The number of anilines is 1. The zero-order valence-corrected chi connectivity index (χ0v) is 16.1. The summed E-state index contributed by atoms with van der Waals surface area (Å²) in [6, 6.07) is 5.24. The summed E-state index contributed by atoms with van der Waals surface area (Å²) < 4.78 is 0. The van der Waals surface area contributed by atoms with Crippen molar-refractivity contribution in [2.45, 2.75) is 12.1 Å². The molecule has 144 valence electrons. The summed E-state index contributed by atoms with van der Waals surface area (Å²) in [6.07, 6.45) is 0. The van der Waals surface area contributed by atoms with Crippen molar-refractivity contribution >= 4 is 48.7 Å². The van der Waals surface area contributed by atoms with Gasteiger partial charge >= 0.3 is 5.97 Å². The lowest BCUT2D eigenvalue weighted by Gasteiger charge is -2.18. The van der Waals surface area contributed by atoms with E-state index in [1.807, 2.05) is 0 Å². The number of amides is 2. The molecule has 5 N–H and O–H groups in total. The van der Waals surface area contributed by atoms with E-state index in [2.05, 4.69) is 46.5 Å². The lowest BCUT2D eigenvalue weighted by atomic mass is 10.2. The van der Waals surface area contributed by atoms with Crippen LogP contribution in [0.4, 0.5) is 5.69 Å². The van der Waals surface area contributed by atoms with E-state index in [-0.39, 0.29) is 23.3 Å². The smallest absolute Gasteiger partial charge is 0.321 e. The Morgan fingerprint density at radius 2 is 1.54 bits per heavy atom.